The third-order valence-corrected chi connectivity index (χ3v) is 5.22. The quantitative estimate of drug-likeness (QED) is 0.521. The standard InChI is InChI=1S/C22H26BrNO6/c1-27-18-8-5-14(11-16(18)23)6-10-21(25)24-17(13-22(26)30-4)15-7-9-19(28-2)20(12-15)29-3/h5,7-9,11-12,17H,6,10,13H2,1-4H3,(H,24,25). The monoisotopic (exact) mass is 479 g/mol. The van der Waals surface area contributed by atoms with E-state index in [4.69, 9.17) is 18.9 Å². The Bertz CT molecular complexity index is 886. The molecule has 0 bridgehead atoms. The van der Waals surface area contributed by atoms with Gasteiger partial charge in [-0.3, -0.25) is 9.59 Å². The third-order valence-electron chi connectivity index (χ3n) is 4.60. The first kappa shape index (κ1) is 23.5. The lowest BCUT2D eigenvalue weighted by molar-refractivity contribution is -0.141. The molecule has 30 heavy (non-hydrogen) atoms. The van der Waals surface area contributed by atoms with Crippen molar-refractivity contribution in [2.24, 2.45) is 0 Å². The van der Waals surface area contributed by atoms with E-state index in [1.165, 1.54) is 14.2 Å². The van der Waals surface area contributed by atoms with E-state index in [9.17, 15) is 9.59 Å². The maximum atomic E-state index is 12.6. The Kier molecular flexibility index (Phi) is 8.98. The fourth-order valence-corrected chi connectivity index (χ4v) is 3.55. The van der Waals surface area contributed by atoms with Crippen molar-refractivity contribution in [1.29, 1.82) is 0 Å². The lowest BCUT2D eigenvalue weighted by Gasteiger charge is -2.20. The number of esters is 1. The zero-order valence-corrected chi connectivity index (χ0v) is 19.1. The van der Waals surface area contributed by atoms with Crippen molar-refractivity contribution in [3.05, 3.63) is 52.0 Å². The van der Waals surface area contributed by atoms with Crippen molar-refractivity contribution in [1.82, 2.24) is 5.32 Å². The van der Waals surface area contributed by atoms with Gasteiger partial charge in [-0.25, -0.2) is 0 Å². The highest BCUT2D eigenvalue weighted by molar-refractivity contribution is 9.10. The number of hydrogen-bond donors (Lipinski definition) is 1. The van der Waals surface area contributed by atoms with Gasteiger partial charge in [0, 0.05) is 6.42 Å². The number of ether oxygens (including phenoxy) is 4. The molecule has 0 saturated carbocycles. The largest absolute Gasteiger partial charge is 0.496 e. The van der Waals surface area contributed by atoms with Gasteiger partial charge in [-0.05, 0) is 57.7 Å². The Morgan fingerprint density at radius 1 is 0.933 bits per heavy atom. The van der Waals surface area contributed by atoms with E-state index in [1.54, 1.807) is 32.4 Å². The van der Waals surface area contributed by atoms with Crippen LogP contribution < -0.4 is 19.5 Å². The summed E-state index contributed by atoms with van der Waals surface area (Å²) in [5.74, 6) is 1.21. The zero-order valence-electron chi connectivity index (χ0n) is 17.5. The number of benzene rings is 2. The Balaban J connectivity index is 2.11. The van der Waals surface area contributed by atoms with Gasteiger partial charge in [0.2, 0.25) is 5.91 Å². The van der Waals surface area contributed by atoms with E-state index >= 15 is 0 Å². The van der Waals surface area contributed by atoms with Crippen LogP contribution >= 0.6 is 15.9 Å². The molecule has 0 aromatic heterocycles. The maximum Gasteiger partial charge on any atom is 0.307 e. The van der Waals surface area contributed by atoms with Crippen LogP contribution in [0.25, 0.3) is 0 Å². The van der Waals surface area contributed by atoms with E-state index in [-0.39, 0.29) is 18.7 Å². The lowest BCUT2D eigenvalue weighted by Crippen LogP contribution is -2.30. The van der Waals surface area contributed by atoms with Crippen LogP contribution in [0.1, 0.15) is 30.0 Å². The minimum absolute atomic E-state index is 0.00576. The van der Waals surface area contributed by atoms with Gasteiger partial charge < -0.3 is 24.3 Å². The van der Waals surface area contributed by atoms with Crippen molar-refractivity contribution in [2.75, 3.05) is 28.4 Å². The van der Waals surface area contributed by atoms with Gasteiger partial charge in [-0.1, -0.05) is 12.1 Å². The lowest BCUT2D eigenvalue weighted by atomic mass is 10.0. The minimum atomic E-state index is -0.549. The molecule has 0 heterocycles. The average molecular weight is 480 g/mol. The molecular weight excluding hydrogens is 454 g/mol. The Morgan fingerprint density at radius 3 is 2.20 bits per heavy atom. The van der Waals surface area contributed by atoms with Crippen LogP contribution in [-0.2, 0) is 20.7 Å². The molecule has 2 aromatic rings. The summed E-state index contributed by atoms with van der Waals surface area (Å²) in [6.45, 7) is 0. The normalized spacial score (nSPS) is 11.4. The van der Waals surface area contributed by atoms with E-state index in [0.29, 0.717) is 17.9 Å². The van der Waals surface area contributed by atoms with E-state index in [2.05, 4.69) is 21.2 Å². The van der Waals surface area contributed by atoms with Crippen LogP contribution in [0.3, 0.4) is 0 Å². The number of amides is 1. The second-order valence-electron chi connectivity index (χ2n) is 6.48. The third kappa shape index (κ3) is 6.38. The zero-order chi connectivity index (χ0) is 22.1. The van der Waals surface area contributed by atoms with Crippen LogP contribution in [0.15, 0.2) is 40.9 Å². The highest BCUT2D eigenvalue weighted by atomic mass is 79.9. The molecule has 0 fully saturated rings. The van der Waals surface area contributed by atoms with Crippen LogP contribution in [0.5, 0.6) is 17.2 Å². The fourth-order valence-electron chi connectivity index (χ4n) is 2.96. The summed E-state index contributed by atoms with van der Waals surface area (Å²) >= 11 is 3.45. The molecule has 0 spiro atoms. The predicted molar refractivity (Wildman–Crippen MR) is 116 cm³/mol. The van der Waals surface area contributed by atoms with Gasteiger partial charge in [-0.2, -0.15) is 0 Å². The molecule has 0 aliphatic rings. The second kappa shape index (κ2) is 11.4. The van der Waals surface area contributed by atoms with Gasteiger partial charge in [0.15, 0.2) is 11.5 Å². The highest BCUT2D eigenvalue weighted by Gasteiger charge is 2.20. The van der Waals surface area contributed by atoms with Gasteiger partial charge in [-0.15, -0.1) is 0 Å². The number of aryl methyl sites for hydroxylation is 1. The molecule has 7 nitrogen and oxygen atoms in total. The van der Waals surface area contributed by atoms with Crippen molar-refractivity contribution >= 4 is 27.8 Å². The highest BCUT2D eigenvalue weighted by Crippen LogP contribution is 2.31. The molecule has 1 unspecified atom stereocenters. The Labute approximate surface area is 184 Å². The van der Waals surface area contributed by atoms with Crippen LogP contribution in [0.2, 0.25) is 0 Å². The van der Waals surface area contributed by atoms with Gasteiger partial charge in [0.25, 0.3) is 0 Å². The van der Waals surface area contributed by atoms with Gasteiger partial charge >= 0.3 is 5.97 Å². The first-order chi connectivity index (χ1) is 14.4. The Morgan fingerprint density at radius 2 is 1.60 bits per heavy atom. The first-order valence-electron chi connectivity index (χ1n) is 9.32. The summed E-state index contributed by atoms with van der Waals surface area (Å²) in [5.41, 5.74) is 1.71. The molecule has 1 atom stereocenters. The molecule has 1 N–H and O–H groups in total. The maximum absolute atomic E-state index is 12.6. The van der Waals surface area contributed by atoms with Crippen molar-refractivity contribution < 1.29 is 28.5 Å². The van der Waals surface area contributed by atoms with E-state index in [0.717, 1.165) is 21.3 Å². The summed E-state index contributed by atoms with van der Waals surface area (Å²) in [4.78, 5) is 24.5. The molecular formula is C22H26BrNO6. The van der Waals surface area contributed by atoms with Crippen LogP contribution in [-0.4, -0.2) is 40.3 Å². The topological polar surface area (TPSA) is 83.1 Å². The summed E-state index contributed by atoms with van der Waals surface area (Å²) in [5, 5.41) is 2.92. The molecule has 0 aliphatic carbocycles. The van der Waals surface area contributed by atoms with Crippen LogP contribution in [0.4, 0.5) is 0 Å². The average Bonchev–Trinajstić information content (AvgIpc) is 2.76. The Hall–Kier alpha value is -2.74. The number of hydrogen-bond acceptors (Lipinski definition) is 6. The molecule has 2 aromatic carbocycles. The SMILES string of the molecule is COC(=O)CC(NC(=O)CCc1ccc(OC)c(Br)c1)c1ccc(OC)c(OC)c1. The number of halogens is 1. The molecule has 1 amide bonds. The van der Waals surface area contributed by atoms with E-state index < -0.39 is 12.0 Å². The summed E-state index contributed by atoms with van der Waals surface area (Å²) in [7, 11) is 5.99. The van der Waals surface area contributed by atoms with Crippen molar-refractivity contribution in [3.8, 4) is 17.2 Å². The van der Waals surface area contributed by atoms with Crippen molar-refractivity contribution in [3.63, 3.8) is 0 Å². The second-order valence-corrected chi connectivity index (χ2v) is 7.34. The van der Waals surface area contributed by atoms with Crippen LogP contribution in [0, 0.1) is 0 Å². The predicted octanol–water partition coefficient (Wildman–Crippen LogP) is 3.83. The minimum Gasteiger partial charge on any atom is -0.496 e. The molecule has 0 aliphatic heterocycles. The number of methoxy groups -OCH3 is 4. The van der Waals surface area contributed by atoms with Gasteiger partial charge in [0.1, 0.15) is 5.75 Å². The smallest absolute Gasteiger partial charge is 0.307 e. The summed E-state index contributed by atoms with van der Waals surface area (Å²) < 4.78 is 21.4. The summed E-state index contributed by atoms with van der Waals surface area (Å²) in [6.07, 6.45) is 0.820. The van der Waals surface area contributed by atoms with Gasteiger partial charge in [0.05, 0.1) is 45.4 Å². The number of rotatable bonds is 10. The number of carbonyl (C=O) groups is 2. The van der Waals surface area contributed by atoms with Crippen molar-refractivity contribution in [2.45, 2.75) is 25.3 Å². The first-order valence-corrected chi connectivity index (χ1v) is 10.1. The molecule has 2 rings (SSSR count). The number of nitrogens with one attached hydrogen (secondary N) is 1. The fraction of sp³-hybridized carbons (Fsp3) is 0.364. The van der Waals surface area contributed by atoms with E-state index in [1.807, 2.05) is 18.2 Å². The molecule has 0 radical (unpaired) electrons. The molecule has 8 heteroatoms. The molecule has 0 saturated heterocycles. The number of carbonyl (C=O) groups excluding carboxylic acids is 2. The molecule has 162 valence electrons. The summed E-state index contributed by atoms with van der Waals surface area (Å²) in [6, 6.07) is 10.4.